The summed E-state index contributed by atoms with van der Waals surface area (Å²) in [5, 5.41) is 3.52. The van der Waals surface area contributed by atoms with Crippen LogP contribution in [0.25, 0.3) is 0 Å². The lowest BCUT2D eigenvalue weighted by molar-refractivity contribution is 0.414. The smallest absolute Gasteiger partial charge is 0.159 e. The maximum atomic E-state index is 13.3. The zero-order chi connectivity index (χ0) is 14.7. The van der Waals surface area contributed by atoms with E-state index < -0.39 is 11.6 Å². The van der Waals surface area contributed by atoms with Gasteiger partial charge in [0.15, 0.2) is 11.6 Å². The Bertz CT molecular complexity index is 619. The summed E-state index contributed by atoms with van der Waals surface area (Å²) >= 11 is 6.09. The Labute approximate surface area is 121 Å². The van der Waals surface area contributed by atoms with Crippen LogP contribution in [-0.4, -0.2) is 14.2 Å². The van der Waals surface area contributed by atoms with Crippen molar-refractivity contribution in [3.8, 4) is 5.75 Å². The molecule has 0 fully saturated rings. The Morgan fingerprint density at radius 3 is 2.25 bits per heavy atom. The molecule has 1 unspecified atom stereocenters. The van der Waals surface area contributed by atoms with E-state index in [1.54, 1.807) is 19.2 Å². The maximum Gasteiger partial charge on any atom is 0.159 e. The van der Waals surface area contributed by atoms with Crippen LogP contribution >= 0.6 is 11.6 Å². The largest absolute Gasteiger partial charge is 0.495 e. The highest BCUT2D eigenvalue weighted by Crippen LogP contribution is 2.30. The van der Waals surface area contributed by atoms with Crippen LogP contribution in [0.15, 0.2) is 36.4 Å². The van der Waals surface area contributed by atoms with Gasteiger partial charge in [0.2, 0.25) is 0 Å². The molecule has 20 heavy (non-hydrogen) atoms. The van der Waals surface area contributed by atoms with Crippen molar-refractivity contribution in [3.63, 3.8) is 0 Å². The fourth-order valence-corrected chi connectivity index (χ4v) is 2.35. The third-order valence-corrected chi connectivity index (χ3v) is 3.37. The highest BCUT2D eigenvalue weighted by Gasteiger charge is 2.15. The predicted octanol–water partition coefficient (Wildman–Crippen LogP) is 3.94. The molecule has 2 rings (SSSR count). The summed E-state index contributed by atoms with van der Waals surface area (Å²) in [5.41, 5.74) is 1.46. The van der Waals surface area contributed by atoms with Crippen molar-refractivity contribution in [2.45, 2.75) is 6.04 Å². The molecule has 0 amide bonds. The molecule has 2 aromatic carbocycles. The number of benzene rings is 2. The number of ether oxygens (including phenoxy) is 1. The van der Waals surface area contributed by atoms with Gasteiger partial charge in [-0.15, -0.1) is 0 Å². The van der Waals surface area contributed by atoms with E-state index in [4.69, 9.17) is 16.3 Å². The zero-order valence-electron chi connectivity index (χ0n) is 11.1. The number of nitrogens with one attached hydrogen (secondary N) is 1. The van der Waals surface area contributed by atoms with Crippen LogP contribution in [0, 0.1) is 11.6 Å². The molecule has 1 N–H and O–H groups in total. The molecule has 1 atom stereocenters. The summed E-state index contributed by atoms with van der Waals surface area (Å²) in [7, 11) is 3.27. The highest BCUT2D eigenvalue weighted by molar-refractivity contribution is 6.32. The quantitative estimate of drug-likeness (QED) is 0.923. The second-order valence-corrected chi connectivity index (χ2v) is 4.70. The van der Waals surface area contributed by atoms with Gasteiger partial charge in [-0.2, -0.15) is 0 Å². The van der Waals surface area contributed by atoms with Crippen molar-refractivity contribution in [3.05, 3.63) is 64.2 Å². The second kappa shape index (κ2) is 6.20. The van der Waals surface area contributed by atoms with E-state index in [0.29, 0.717) is 16.3 Å². The lowest BCUT2D eigenvalue weighted by Gasteiger charge is -2.18. The summed E-state index contributed by atoms with van der Waals surface area (Å²) in [6, 6.07) is 8.85. The average Bonchev–Trinajstić information content (AvgIpc) is 2.44. The zero-order valence-corrected chi connectivity index (χ0v) is 11.8. The van der Waals surface area contributed by atoms with E-state index in [9.17, 15) is 8.78 Å². The van der Waals surface area contributed by atoms with Gasteiger partial charge in [-0.3, -0.25) is 0 Å². The first-order valence-electron chi connectivity index (χ1n) is 6.02. The minimum Gasteiger partial charge on any atom is -0.495 e. The Morgan fingerprint density at radius 1 is 1.05 bits per heavy atom. The van der Waals surface area contributed by atoms with Crippen LogP contribution in [0.5, 0.6) is 5.75 Å². The van der Waals surface area contributed by atoms with Gasteiger partial charge in [0.25, 0.3) is 0 Å². The van der Waals surface area contributed by atoms with Crippen molar-refractivity contribution in [2.24, 2.45) is 0 Å². The third-order valence-electron chi connectivity index (χ3n) is 3.07. The lowest BCUT2D eigenvalue weighted by Crippen LogP contribution is -2.18. The van der Waals surface area contributed by atoms with Crippen molar-refractivity contribution < 1.29 is 13.5 Å². The molecule has 0 aromatic heterocycles. The van der Waals surface area contributed by atoms with Crippen LogP contribution in [0.1, 0.15) is 17.2 Å². The molecule has 0 heterocycles. The van der Waals surface area contributed by atoms with Crippen LogP contribution in [0.4, 0.5) is 8.78 Å². The topological polar surface area (TPSA) is 21.3 Å². The van der Waals surface area contributed by atoms with Gasteiger partial charge in [-0.05, 0) is 42.4 Å². The molecule has 0 aliphatic heterocycles. The van der Waals surface area contributed by atoms with E-state index in [1.807, 2.05) is 6.07 Å². The molecule has 5 heteroatoms. The van der Waals surface area contributed by atoms with Gasteiger partial charge in [0.05, 0.1) is 18.2 Å². The Balaban J connectivity index is 2.41. The molecular weight excluding hydrogens is 284 g/mol. The van der Waals surface area contributed by atoms with E-state index in [0.717, 1.165) is 11.6 Å². The van der Waals surface area contributed by atoms with Crippen LogP contribution in [0.3, 0.4) is 0 Å². The molecule has 0 bridgehead atoms. The Morgan fingerprint density at radius 2 is 1.70 bits per heavy atom. The minimum atomic E-state index is -0.873. The third kappa shape index (κ3) is 2.92. The standard InChI is InChI=1S/C15H14ClF2NO/c1-19-15(10-3-5-12(17)13(18)8-10)9-4-6-14(20-2)11(16)7-9/h3-8,15,19H,1-2H3. The van der Waals surface area contributed by atoms with Crippen LogP contribution in [-0.2, 0) is 0 Å². The maximum absolute atomic E-state index is 13.3. The van der Waals surface area contributed by atoms with E-state index in [1.165, 1.54) is 19.2 Å². The fraction of sp³-hybridized carbons (Fsp3) is 0.200. The average molecular weight is 298 g/mol. The van der Waals surface area contributed by atoms with Crippen LogP contribution in [0.2, 0.25) is 5.02 Å². The van der Waals surface area contributed by atoms with Gasteiger partial charge in [0, 0.05) is 0 Å². The number of rotatable bonds is 4. The molecule has 2 nitrogen and oxygen atoms in total. The molecular formula is C15H14ClF2NO. The van der Waals surface area contributed by atoms with E-state index >= 15 is 0 Å². The second-order valence-electron chi connectivity index (χ2n) is 4.29. The van der Waals surface area contributed by atoms with E-state index in [-0.39, 0.29) is 6.04 Å². The predicted molar refractivity (Wildman–Crippen MR) is 75.3 cm³/mol. The summed E-state index contributed by atoms with van der Waals surface area (Å²) in [5.74, 6) is -1.17. The van der Waals surface area contributed by atoms with Gasteiger partial charge >= 0.3 is 0 Å². The fourth-order valence-electron chi connectivity index (χ4n) is 2.08. The van der Waals surface area contributed by atoms with Gasteiger partial charge < -0.3 is 10.1 Å². The van der Waals surface area contributed by atoms with Crippen molar-refractivity contribution in [1.82, 2.24) is 5.32 Å². The summed E-state index contributed by atoms with van der Waals surface area (Å²) in [4.78, 5) is 0. The SMILES string of the molecule is CNC(c1ccc(F)c(F)c1)c1ccc(OC)c(Cl)c1. The monoisotopic (exact) mass is 297 g/mol. The molecule has 2 aromatic rings. The number of hydrogen-bond donors (Lipinski definition) is 1. The van der Waals surface area contributed by atoms with Crippen molar-refractivity contribution >= 4 is 11.6 Å². The Kier molecular flexibility index (Phi) is 4.57. The van der Waals surface area contributed by atoms with E-state index in [2.05, 4.69) is 5.32 Å². The van der Waals surface area contributed by atoms with Gasteiger partial charge in [-0.1, -0.05) is 23.7 Å². The lowest BCUT2D eigenvalue weighted by atomic mass is 9.98. The van der Waals surface area contributed by atoms with Crippen LogP contribution < -0.4 is 10.1 Å². The molecule has 0 saturated carbocycles. The van der Waals surface area contributed by atoms with Crippen molar-refractivity contribution in [2.75, 3.05) is 14.2 Å². The molecule has 0 aliphatic carbocycles. The van der Waals surface area contributed by atoms with Gasteiger partial charge in [0.1, 0.15) is 5.75 Å². The first-order chi connectivity index (χ1) is 9.56. The number of methoxy groups -OCH3 is 1. The van der Waals surface area contributed by atoms with Crippen molar-refractivity contribution in [1.29, 1.82) is 0 Å². The molecule has 0 radical (unpaired) electrons. The van der Waals surface area contributed by atoms with Gasteiger partial charge in [-0.25, -0.2) is 8.78 Å². The minimum absolute atomic E-state index is 0.284. The number of hydrogen-bond acceptors (Lipinski definition) is 2. The molecule has 0 saturated heterocycles. The summed E-state index contributed by atoms with van der Waals surface area (Å²) in [6.45, 7) is 0. The first-order valence-corrected chi connectivity index (χ1v) is 6.40. The Hall–Kier alpha value is -1.65. The number of halogens is 3. The molecule has 106 valence electrons. The highest BCUT2D eigenvalue weighted by atomic mass is 35.5. The summed E-state index contributed by atoms with van der Waals surface area (Å²) < 4.78 is 31.4. The molecule has 0 aliphatic rings. The summed E-state index contributed by atoms with van der Waals surface area (Å²) in [6.07, 6.45) is 0. The first kappa shape index (κ1) is 14.8. The molecule has 0 spiro atoms. The normalized spacial score (nSPS) is 12.2.